The van der Waals surface area contributed by atoms with Crippen molar-refractivity contribution in [3.63, 3.8) is 0 Å². The van der Waals surface area contributed by atoms with Crippen LogP contribution in [0, 0.1) is 10.1 Å². The van der Waals surface area contributed by atoms with Gasteiger partial charge >= 0.3 is 5.97 Å². The van der Waals surface area contributed by atoms with Crippen molar-refractivity contribution in [1.29, 1.82) is 0 Å². The number of amides is 1. The Kier molecular flexibility index (Phi) is 6.02. The number of nitro benzene ring substituents is 1. The second-order valence-electron chi connectivity index (χ2n) is 8.38. The maximum Gasteiger partial charge on any atom is 0.313 e. The van der Waals surface area contributed by atoms with E-state index < -0.39 is 22.9 Å². The Bertz CT molecular complexity index is 997. The monoisotopic (exact) mass is 422 g/mol. The van der Waals surface area contributed by atoms with Crippen LogP contribution in [0.15, 0.2) is 48.5 Å². The number of benzene rings is 2. The van der Waals surface area contributed by atoms with Gasteiger partial charge in [0.15, 0.2) is 0 Å². The molecule has 162 valence electrons. The number of carbonyl (C=O) groups is 2. The van der Waals surface area contributed by atoms with E-state index in [9.17, 15) is 24.8 Å². The third kappa shape index (κ3) is 3.92. The lowest BCUT2D eigenvalue weighted by Gasteiger charge is -2.45. The normalized spacial score (nSPS) is 22.3. The number of rotatable bonds is 4. The zero-order chi connectivity index (χ0) is 22.0. The average molecular weight is 422 g/mol. The summed E-state index contributed by atoms with van der Waals surface area (Å²) in [4.78, 5) is 39.2. The molecule has 0 aromatic heterocycles. The highest BCUT2D eigenvalue weighted by Gasteiger charge is 2.48. The Hall–Kier alpha value is -3.22. The van der Waals surface area contributed by atoms with Gasteiger partial charge in [0.25, 0.3) is 11.6 Å². The second-order valence-corrected chi connectivity index (χ2v) is 8.38. The van der Waals surface area contributed by atoms with Crippen molar-refractivity contribution in [3.8, 4) is 0 Å². The molecule has 1 saturated carbocycles. The van der Waals surface area contributed by atoms with Gasteiger partial charge in [0, 0.05) is 17.7 Å². The first kappa shape index (κ1) is 21.0. The molecule has 2 atom stereocenters. The molecule has 1 N–H and O–H groups in total. The number of aliphatic carboxylic acids is 1. The number of nitrogens with zero attached hydrogens (tertiary/aromatic N) is 2. The lowest BCUT2D eigenvalue weighted by Crippen LogP contribution is -2.50. The quantitative estimate of drug-likeness (QED) is 0.547. The Labute approximate surface area is 180 Å². The van der Waals surface area contributed by atoms with Gasteiger partial charge in [-0.05, 0) is 24.5 Å². The van der Waals surface area contributed by atoms with Crippen LogP contribution < -0.4 is 0 Å². The van der Waals surface area contributed by atoms with E-state index in [-0.39, 0.29) is 23.2 Å². The summed E-state index contributed by atoms with van der Waals surface area (Å²) in [7, 11) is 0. The molecule has 1 amide bonds. The molecule has 2 aliphatic rings. The first-order chi connectivity index (χ1) is 15.0. The summed E-state index contributed by atoms with van der Waals surface area (Å²) in [6, 6.07) is 11.9. The number of hydrogen-bond donors (Lipinski definition) is 1. The summed E-state index contributed by atoms with van der Waals surface area (Å²) in [5.74, 6) is -2.39. The largest absolute Gasteiger partial charge is 0.481 e. The number of nitro groups is 1. The number of carbonyl (C=O) groups excluding carboxylic acids is 1. The summed E-state index contributed by atoms with van der Waals surface area (Å²) < 4.78 is 0. The zero-order valence-corrected chi connectivity index (χ0v) is 17.3. The zero-order valence-electron chi connectivity index (χ0n) is 17.3. The Morgan fingerprint density at radius 3 is 2.16 bits per heavy atom. The van der Waals surface area contributed by atoms with Crippen LogP contribution in [0.25, 0.3) is 0 Å². The highest BCUT2D eigenvalue weighted by molar-refractivity contribution is 6.00. The first-order valence-corrected chi connectivity index (χ1v) is 10.9. The molecule has 1 aliphatic heterocycles. The number of fused-ring (bicyclic) bond motifs is 1. The Morgan fingerprint density at radius 1 is 0.935 bits per heavy atom. The fraction of sp³-hybridized carbons (Fsp3) is 0.417. The highest BCUT2D eigenvalue weighted by Crippen LogP contribution is 2.47. The third-order valence-corrected chi connectivity index (χ3v) is 6.56. The maximum absolute atomic E-state index is 13.7. The Balaban J connectivity index is 1.92. The molecular weight excluding hydrogens is 396 g/mol. The minimum absolute atomic E-state index is 0.146. The molecule has 0 saturated heterocycles. The van der Waals surface area contributed by atoms with Crippen LogP contribution in [-0.2, 0) is 4.79 Å². The molecule has 0 radical (unpaired) electrons. The molecule has 1 fully saturated rings. The van der Waals surface area contributed by atoms with Crippen LogP contribution in [0.4, 0.5) is 5.69 Å². The lowest BCUT2D eigenvalue weighted by atomic mass is 9.77. The van der Waals surface area contributed by atoms with Gasteiger partial charge in [-0.25, -0.2) is 0 Å². The average Bonchev–Trinajstić information content (AvgIpc) is 2.74. The van der Waals surface area contributed by atoms with Gasteiger partial charge < -0.3 is 10.0 Å². The molecule has 2 aromatic carbocycles. The molecule has 4 rings (SSSR count). The number of para-hydroxylation sites is 1. The molecule has 1 aliphatic carbocycles. The van der Waals surface area contributed by atoms with Gasteiger partial charge in [-0.2, -0.15) is 0 Å². The van der Waals surface area contributed by atoms with Crippen molar-refractivity contribution in [2.45, 2.75) is 62.9 Å². The van der Waals surface area contributed by atoms with Crippen molar-refractivity contribution in [1.82, 2.24) is 4.90 Å². The van der Waals surface area contributed by atoms with E-state index in [1.54, 1.807) is 47.4 Å². The van der Waals surface area contributed by atoms with Crippen molar-refractivity contribution in [2.75, 3.05) is 0 Å². The number of carboxylic acids is 1. The van der Waals surface area contributed by atoms with Gasteiger partial charge in [0.1, 0.15) is 5.92 Å². The topological polar surface area (TPSA) is 101 Å². The van der Waals surface area contributed by atoms with Crippen LogP contribution in [0.5, 0.6) is 0 Å². The van der Waals surface area contributed by atoms with Crippen molar-refractivity contribution in [2.24, 2.45) is 0 Å². The molecule has 1 heterocycles. The van der Waals surface area contributed by atoms with Crippen molar-refractivity contribution < 1.29 is 19.6 Å². The minimum Gasteiger partial charge on any atom is -0.481 e. The highest BCUT2D eigenvalue weighted by atomic mass is 16.6. The van der Waals surface area contributed by atoms with E-state index in [1.165, 1.54) is 6.07 Å². The molecule has 0 bridgehead atoms. The summed E-state index contributed by atoms with van der Waals surface area (Å²) in [5.41, 5.74) is 0.934. The standard InChI is InChI=1S/C24H26N2O5/c27-23-18-13-7-6-12-17(18)21(24(28)29)22(19-14-8-9-15-20(19)26(30)31)25(23)16-10-4-2-1-3-5-11-16/h6-9,12-16,21-22H,1-5,10-11H2,(H,28,29). The third-order valence-electron chi connectivity index (χ3n) is 6.56. The van der Waals surface area contributed by atoms with Gasteiger partial charge in [0.05, 0.1) is 16.5 Å². The molecular formula is C24H26N2O5. The summed E-state index contributed by atoms with van der Waals surface area (Å²) in [6.07, 6.45) is 6.78. The molecule has 7 heteroatoms. The molecule has 2 unspecified atom stereocenters. The minimum atomic E-state index is -1.08. The van der Waals surface area contributed by atoms with Crippen LogP contribution in [0.1, 0.15) is 78.4 Å². The fourth-order valence-corrected chi connectivity index (χ4v) is 5.17. The smallest absolute Gasteiger partial charge is 0.313 e. The predicted octanol–water partition coefficient (Wildman–Crippen LogP) is 5.07. The number of hydrogen-bond acceptors (Lipinski definition) is 4. The van der Waals surface area contributed by atoms with Gasteiger partial charge in [-0.3, -0.25) is 19.7 Å². The summed E-state index contributed by atoms with van der Waals surface area (Å²) >= 11 is 0. The van der Waals surface area contributed by atoms with Gasteiger partial charge in [0.2, 0.25) is 0 Å². The van der Waals surface area contributed by atoms with E-state index in [2.05, 4.69) is 0 Å². The molecule has 2 aromatic rings. The van der Waals surface area contributed by atoms with Crippen molar-refractivity contribution >= 4 is 17.6 Å². The fourth-order valence-electron chi connectivity index (χ4n) is 5.17. The molecule has 7 nitrogen and oxygen atoms in total. The summed E-state index contributed by atoms with van der Waals surface area (Å²) in [5, 5.41) is 22.0. The van der Waals surface area contributed by atoms with E-state index in [1.807, 2.05) is 0 Å². The van der Waals surface area contributed by atoms with Crippen molar-refractivity contribution in [3.05, 3.63) is 75.3 Å². The predicted molar refractivity (Wildman–Crippen MR) is 115 cm³/mol. The van der Waals surface area contributed by atoms with Crippen LogP contribution >= 0.6 is 0 Å². The van der Waals surface area contributed by atoms with E-state index in [4.69, 9.17) is 0 Å². The lowest BCUT2D eigenvalue weighted by molar-refractivity contribution is -0.386. The van der Waals surface area contributed by atoms with Gasteiger partial charge in [-0.1, -0.05) is 68.5 Å². The Morgan fingerprint density at radius 2 is 1.52 bits per heavy atom. The summed E-state index contributed by atoms with van der Waals surface area (Å²) in [6.45, 7) is 0. The first-order valence-electron chi connectivity index (χ1n) is 10.9. The van der Waals surface area contributed by atoms with Crippen LogP contribution in [-0.4, -0.2) is 32.8 Å². The van der Waals surface area contributed by atoms with Crippen LogP contribution in [0.2, 0.25) is 0 Å². The molecule has 31 heavy (non-hydrogen) atoms. The van der Waals surface area contributed by atoms with E-state index in [0.29, 0.717) is 11.1 Å². The van der Waals surface area contributed by atoms with E-state index >= 15 is 0 Å². The SMILES string of the molecule is O=C(O)C1c2ccccc2C(=O)N(C2CCCCCCC2)C1c1ccccc1[N+](=O)[O-]. The molecule has 0 spiro atoms. The van der Waals surface area contributed by atoms with Gasteiger partial charge in [-0.15, -0.1) is 0 Å². The van der Waals surface area contributed by atoms with E-state index in [0.717, 1.165) is 44.9 Å². The second kappa shape index (κ2) is 8.88. The maximum atomic E-state index is 13.7. The van der Waals surface area contributed by atoms with Crippen LogP contribution in [0.3, 0.4) is 0 Å². The number of carboxylic acid groups (broad SMARTS) is 1.